The van der Waals surface area contributed by atoms with Gasteiger partial charge >= 0.3 is 0 Å². The summed E-state index contributed by atoms with van der Waals surface area (Å²) in [7, 11) is 1.13. The highest BCUT2D eigenvalue weighted by Gasteiger charge is 2.31. The van der Waals surface area contributed by atoms with Crippen molar-refractivity contribution in [1.29, 1.82) is 5.26 Å². The molecule has 3 aromatic carbocycles. The molecular weight excluding hydrogens is 570 g/mol. The molecular formula is C32H32FN4O5P. The Kier molecular flexibility index (Phi) is 8.31. The molecule has 11 heteroatoms. The molecule has 1 unspecified atom stereocenters. The van der Waals surface area contributed by atoms with Crippen LogP contribution in [0.25, 0.3) is 11.0 Å². The lowest BCUT2D eigenvalue weighted by Gasteiger charge is -2.34. The van der Waals surface area contributed by atoms with Gasteiger partial charge in [0.05, 0.1) is 39.1 Å². The number of imidazole rings is 1. The maximum absolute atomic E-state index is 14.6. The first-order valence-corrected chi connectivity index (χ1v) is 15.3. The Hall–Kier alpha value is -4.03. The fraction of sp³-hybridized carbons (Fsp3) is 0.344. The van der Waals surface area contributed by atoms with Crippen molar-refractivity contribution in [3.05, 3.63) is 82.4 Å². The second-order valence-electron chi connectivity index (χ2n) is 10.8. The van der Waals surface area contributed by atoms with Crippen LogP contribution in [0.5, 0.6) is 17.2 Å². The quantitative estimate of drug-likeness (QED) is 0.260. The number of aryl methyl sites for hydroxylation is 1. The van der Waals surface area contributed by atoms with Crippen LogP contribution in [0.2, 0.25) is 0 Å². The van der Waals surface area contributed by atoms with E-state index in [-0.39, 0.29) is 23.6 Å². The minimum absolute atomic E-state index is 0.189. The highest BCUT2D eigenvalue weighted by Crippen LogP contribution is 2.44. The lowest BCUT2D eigenvalue weighted by Crippen LogP contribution is -2.33. The monoisotopic (exact) mass is 602 g/mol. The molecule has 1 N–H and O–H groups in total. The third-order valence-electron chi connectivity index (χ3n) is 8.23. The lowest BCUT2D eigenvalue weighted by atomic mass is 9.88. The Morgan fingerprint density at radius 2 is 2.02 bits per heavy atom. The Bertz CT molecular complexity index is 1730. The van der Waals surface area contributed by atoms with E-state index in [9.17, 15) is 14.1 Å². The summed E-state index contributed by atoms with van der Waals surface area (Å²) >= 11 is 0. The van der Waals surface area contributed by atoms with Crippen LogP contribution >= 0.6 is 8.81 Å². The van der Waals surface area contributed by atoms with E-state index in [1.54, 1.807) is 24.3 Å². The van der Waals surface area contributed by atoms with Crippen molar-refractivity contribution in [1.82, 2.24) is 14.5 Å². The largest absolute Gasteiger partial charge is 0.492 e. The van der Waals surface area contributed by atoms with Crippen LogP contribution in [0.1, 0.15) is 64.7 Å². The Labute approximate surface area is 250 Å². The van der Waals surface area contributed by atoms with Gasteiger partial charge < -0.3 is 23.7 Å². The lowest BCUT2D eigenvalue weighted by molar-refractivity contribution is 0.0863. The summed E-state index contributed by atoms with van der Waals surface area (Å²) in [5.74, 6) is 2.55. The van der Waals surface area contributed by atoms with Crippen molar-refractivity contribution in [2.24, 2.45) is 7.05 Å². The zero-order chi connectivity index (χ0) is 30.1. The van der Waals surface area contributed by atoms with Gasteiger partial charge in [-0.1, -0.05) is 18.2 Å². The van der Waals surface area contributed by atoms with E-state index in [2.05, 4.69) is 11.0 Å². The van der Waals surface area contributed by atoms with Crippen molar-refractivity contribution < 1.29 is 28.3 Å². The third kappa shape index (κ3) is 5.68. The molecule has 4 aromatic rings. The molecule has 1 fully saturated rings. The number of nitrogens with zero attached hydrogens (tertiary/aromatic N) is 4. The Morgan fingerprint density at radius 1 is 1.21 bits per heavy atom. The first kappa shape index (κ1) is 29.1. The number of rotatable bonds is 8. The smallest absolute Gasteiger partial charge is 0.208 e. The van der Waals surface area contributed by atoms with Crippen LogP contribution in [0, 0.1) is 17.1 Å². The van der Waals surface area contributed by atoms with Gasteiger partial charge in [0, 0.05) is 23.7 Å². The molecule has 3 heterocycles. The average Bonchev–Trinajstić information content (AvgIpc) is 3.35. The summed E-state index contributed by atoms with van der Waals surface area (Å²) in [6.45, 7) is 4.90. The zero-order valence-corrected chi connectivity index (χ0v) is 25.0. The number of fused-ring (bicyclic) bond motifs is 2. The number of benzene rings is 3. The second kappa shape index (κ2) is 12.3. The van der Waals surface area contributed by atoms with Crippen molar-refractivity contribution in [3.8, 4) is 23.3 Å². The van der Waals surface area contributed by atoms with Crippen molar-refractivity contribution in [3.63, 3.8) is 0 Å². The molecule has 0 saturated carbocycles. The number of carbonyl (C=O) groups excluding carboxylic acids is 1. The molecule has 6 rings (SSSR count). The van der Waals surface area contributed by atoms with E-state index in [1.165, 1.54) is 6.07 Å². The van der Waals surface area contributed by atoms with Crippen LogP contribution in [0.3, 0.4) is 0 Å². The average molecular weight is 603 g/mol. The molecule has 1 saturated heterocycles. The van der Waals surface area contributed by atoms with Gasteiger partial charge in [-0.2, -0.15) is 5.26 Å². The Balaban J connectivity index is 1.15. The number of ether oxygens (including phenoxy) is 3. The SMILES string of the molecule is CCOc1cc(C(=O)PO)cc2c1nc(CN1CCC(c3cccc4c3OC[C@@H](c3ccc(C#N)cc3F)O4)CC1)n2C. The highest BCUT2D eigenvalue weighted by molar-refractivity contribution is 7.53. The standard InChI is InChI=1S/C32H32FN4O5P/c1-3-40-27-15-21(32(38)43-39)14-25-30(27)35-29(36(25)2)17-37-11-9-20(10-12-37)22-5-4-6-26-31(22)41-18-28(42-26)23-8-7-19(16-34)13-24(23)33/h4-8,13-15,20,28,39,43H,3,9-12,17-18H2,1-2H3/t28-/m0/s1. The van der Waals surface area contributed by atoms with Gasteiger partial charge in [0.2, 0.25) is 5.52 Å². The van der Waals surface area contributed by atoms with E-state index in [0.717, 1.165) is 48.6 Å². The van der Waals surface area contributed by atoms with Gasteiger partial charge in [-0.05, 0) is 69.1 Å². The van der Waals surface area contributed by atoms with E-state index in [0.29, 0.717) is 41.3 Å². The van der Waals surface area contributed by atoms with Crippen molar-refractivity contribution in [2.75, 3.05) is 26.3 Å². The summed E-state index contributed by atoms with van der Waals surface area (Å²) in [5, 5.41) is 9.04. The molecule has 1 aromatic heterocycles. The number of carbonyl (C=O) groups is 1. The Morgan fingerprint density at radius 3 is 2.74 bits per heavy atom. The number of likely N-dealkylation sites (tertiary alicyclic amines) is 1. The van der Waals surface area contributed by atoms with Crippen molar-refractivity contribution >= 4 is 25.4 Å². The molecule has 0 spiro atoms. The predicted octanol–water partition coefficient (Wildman–Crippen LogP) is 5.60. The molecule has 0 bridgehead atoms. The number of hydrogen-bond acceptors (Lipinski definition) is 8. The molecule has 0 amide bonds. The summed E-state index contributed by atoms with van der Waals surface area (Å²) in [6, 6.07) is 15.7. The van der Waals surface area contributed by atoms with Gasteiger partial charge in [0.15, 0.2) is 17.6 Å². The minimum Gasteiger partial charge on any atom is -0.492 e. The van der Waals surface area contributed by atoms with E-state index < -0.39 is 20.7 Å². The topological polar surface area (TPSA) is 110 Å². The van der Waals surface area contributed by atoms with Gasteiger partial charge in [-0.3, -0.25) is 9.69 Å². The van der Waals surface area contributed by atoms with Gasteiger partial charge in [-0.15, -0.1) is 0 Å². The van der Waals surface area contributed by atoms with Crippen LogP contribution < -0.4 is 14.2 Å². The van der Waals surface area contributed by atoms with Gasteiger partial charge in [-0.25, -0.2) is 9.37 Å². The number of nitriles is 1. The maximum Gasteiger partial charge on any atom is 0.208 e. The number of para-hydroxylation sites is 1. The third-order valence-corrected chi connectivity index (χ3v) is 8.73. The van der Waals surface area contributed by atoms with Crippen molar-refractivity contribution in [2.45, 2.75) is 38.3 Å². The molecule has 2 atom stereocenters. The minimum atomic E-state index is -0.810. The number of halogens is 1. The molecule has 2 aliphatic rings. The number of hydrogen-bond donors (Lipinski definition) is 1. The van der Waals surface area contributed by atoms with Gasteiger partial charge in [0.25, 0.3) is 0 Å². The summed E-state index contributed by atoms with van der Waals surface area (Å²) < 4.78 is 34.8. The molecule has 0 radical (unpaired) electrons. The molecule has 0 aliphatic carbocycles. The molecule has 222 valence electrons. The van der Waals surface area contributed by atoms with Crippen LogP contribution in [0.15, 0.2) is 48.5 Å². The van der Waals surface area contributed by atoms with E-state index in [1.807, 2.05) is 36.7 Å². The first-order chi connectivity index (χ1) is 20.9. The predicted molar refractivity (Wildman–Crippen MR) is 160 cm³/mol. The fourth-order valence-electron chi connectivity index (χ4n) is 5.97. The maximum atomic E-state index is 14.6. The molecule has 2 aliphatic heterocycles. The zero-order valence-electron chi connectivity index (χ0n) is 24.0. The van der Waals surface area contributed by atoms with Gasteiger partial charge in [0.1, 0.15) is 29.5 Å². The molecule has 9 nitrogen and oxygen atoms in total. The van der Waals surface area contributed by atoms with E-state index >= 15 is 0 Å². The van der Waals surface area contributed by atoms with Crippen LogP contribution in [-0.4, -0.2) is 51.2 Å². The van der Waals surface area contributed by atoms with E-state index in [4.69, 9.17) is 24.5 Å². The normalized spacial score (nSPS) is 17.4. The summed E-state index contributed by atoms with van der Waals surface area (Å²) in [5.41, 5.74) is 3.32. The first-order valence-electron chi connectivity index (χ1n) is 14.3. The molecule has 43 heavy (non-hydrogen) atoms. The number of piperidine rings is 1. The second-order valence-corrected chi connectivity index (χ2v) is 11.5. The summed E-state index contributed by atoms with van der Waals surface area (Å²) in [4.78, 5) is 28.9. The van der Waals surface area contributed by atoms with Crippen LogP contribution in [0.4, 0.5) is 4.39 Å². The number of aromatic nitrogens is 2. The van der Waals surface area contributed by atoms with Crippen LogP contribution in [-0.2, 0) is 13.6 Å². The summed E-state index contributed by atoms with van der Waals surface area (Å²) in [6.07, 6.45) is 1.27. The fourth-order valence-corrected chi connectivity index (χ4v) is 6.24. The highest BCUT2D eigenvalue weighted by atomic mass is 31.1.